The van der Waals surface area contributed by atoms with Crippen LogP contribution in [-0.4, -0.2) is 27.9 Å². The average Bonchev–Trinajstić information content (AvgIpc) is 3.32. The van der Waals surface area contributed by atoms with Crippen LogP contribution in [0.4, 0.5) is 5.69 Å². The molecule has 5 heteroatoms. The molecule has 1 saturated heterocycles. The third-order valence-corrected chi connectivity index (χ3v) is 4.76. The van der Waals surface area contributed by atoms with E-state index in [4.69, 9.17) is 5.26 Å². The zero-order valence-corrected chi connectivity index (χ0v) is 12.5. The monoisotopic (exact) mass is 293 g/mol. The molecule has 0 radical (unpaired) electrons. The molecule has 1 aromatic heterocycles. The number of piperidine rings is 1. The average molecular weight is 293 g/mol. The predicted octanol–water partition coefficient (Wildman–Crippen LogP) is 2.87. The lowest BCUT2D eigenvalue weighted by molar-refractivity contribution is 0.465. The second-order valence-electron chi connectivity index (χ2n) is 6.25. The molecular formula is C17H19N5. The smallest absolute Gasteiger partial charge is 0.136 e. The Morgan fingerprint density at radius 2 is 1.77 bits per heavy atom. The summed E-state index contributed by atoms with van der Waals surface area (Å²) in [6.45, 7) is 2.07. The molecule has 2 aliphatic rings. The number of nitrogens with zero attached hydrogens (tertiary/aromatic N) is 5. The number of rotatable bonds is 3. The third-order valence-electron chi connectivity index (χ3n) is 4.76. The van der Waals surface area contributed by atoms with Crippen LogP contribution in [0.1, 0.15) is 49.0 Å². The normalized spacial score (nSPS) is 19.1. The first-order valence-corrected chi connectivity index (χ1v) is 7.99. The van der Waals surface area contributed by atoms with Crippen molar-refractivity contribution < 1.29 is 0 Å². The Hall–Kier alpha value is -2.35. The van der Waals surface area contributed by atoms with E-state index in [1.54, 1.807) is 0 Å². The summed E-state index contributed by atoms with van der Waals surface area (Å²) < 4.78 is 2.29. The molecule has 0 N–H and O–H groups in total. The summed E-state index contributed by atoms with van der Waals surface area (Å²) in [7, 11) is 0. The SMILES string of the molecule is N#Cc1ccc(N2CCC(c3nncn3C3CC3)CC2)cc1. The molecule has 1 aromatic carbocycles. The van der Waals surface area contributed by atoms with Crippen LogP contribution in [0.3, 0.4) is 0 Å². The van der Waals surface area contributed by atoms with Gasteiger partial charge in [0.25, 0.3) is 0 Å². The number of anilines is 1. The lowest BCUT2D eigenvalue weighted by Crippen LogP contribution is -2.33. The van der Waals surface area contributed by atoms with Crippen LogP contribution < -0.4 is 4.90 Å². The number of hydrogen-bond donors (Lipinski definition) is 0. The Labute approximate surface area is 130 Å². The van der Waals surface area contributed by atoms with Crippen molar-refractivity contribution in [3.63, 3.8) is 0 Å². The van der Waals surface area contributed by atoms with Crippen LogP contribution >= 0.6 is 0 Å². The highest BCUT2D eigenvalue weighted by atomic mass is 15.3. The molecule has 2 fully saturated rings. The van der Waals surface area contributed by atoms with Gasteiger partial charge in [0.05, 0.1) is 11.6 Å². The molecule has 0 bridgehead atoms. The van der Waals surface area contributed by atoms with E-state index >= 15 is 0 Å². The fourth-order valence-electron chi connectivity index (χ4n) is 3.32. The van der Waals surface area contributed by atoms with Gasteiger partial charge in [0.1, 0.15) is 12.2 Å². The molecule has 2 heterocycles. The van der Waals surface area contributed by atoms with Crippen molar-refractivity contribution in [3.05, 3.63) is 42.0 Å². The van der Waals surface area contributed by atoms with Gasteiger partial charge in [-0.15, -0.1) is 10.2 Å². The largest absolute Gasteiger partial charge is 0.371 e. The van der Waals surface area contributed by atoms with E-state index in [1.807, 2.05) is 30.6 Å². The molecule has 0 unspecified atom stereocenters. The van der Waals surface area contributed by atoms with Crippen molar-refractivity contribution in [2.24, 2.45) is 0 Å². The van der Waals surface area contributed by atoms with Gasteiger partial charge < -0.3 is 9.47 Å². The topological polar surface area (TPSA) is 57.7 Å². The van der Waals surface area contributed by atoms with Crippen LogP contribution in [-0.2, 0) is 0 Å². The second kappa shape index (κ2) is 5.45. The molecule has 112 valence electrons. The molecule has 0 atom stereocenters. The molecule has 0 spiro atoms. The Morgan fingerprint density at radius 3 is 2.41 bits per heavy atom. The first-order valence-electron chi connectivity index (χ1n) is 7.99. The first-order chi connectivity index (χ1) is 10.8. The molecule has 2 aromatic rings. The Balaban J connectivity index is 1.43. The van der Waals surface area contributed by atoms with Crippen LogP contribution in [0.15, 0.2) is 30.6 Å². The molecule has 0 amide bonds. The van der Waals surface area contributed by atoms with Crippen molar-refractivity contribution in [3.8, 4) is 6.07 Å². The molecule has 5 nitrogen and oxygen atoms in total. The maximum Gasteiger partial charge on any atom is 0.136 e. The summed E-state index contributed by atoms with van der Waals surface area (Å²) in [5, 5.41) is 17.4. The van der Waals surface area contributed by atoms with Gasteiger partial charge in [-0.25, -0.2) is 0 Å². The van der Waals surface area contributed by atoms with E-state index < -0.39 is 0 Å². The number of aromatic nitrogens is 3. The van der Waals surface area contributed by atoms with E-state index in [1.165, 1.54) is 24.4 Å². The van der Waals surface area contributed by atoms with Gasteiger partial charge in [-0.05, 0) is 49.9 Å². The quantitative estimate of drug-likeness (QED) is 0.873. The van der Waals surface area contributed by atoms with Crippen molar-refractivity contribution in [1.82, 2.24) is 14.8 Å². The summed E-state index contributed by atoms with van der Waals surface area (Å²) in [5.41, 5.74) is 1.93. The zero-order valence-electron chi connectivity index (χ0n) is 12.5. The van der Waals surface area contributed by atoms with E-state index in [9.17, 15) is 0 Å². The molecular weight excluding hydrogens is 274 g/mol. The minimum absolute atomic E-state index is 0.526. The number of nitriles is 1. The first kappa shape index (κ1) is 13.3. The molecule has 1 aliphatic heterocycles. The maximum atomic E-state index is 8.88. The summed E-state index contributed by atoms with van der Waals surface area (Å²) in [4.78, 5) is 2.40. The number of benzene rings is 1. The van der Waals surface area contributed by atoms with E-state index in [-0.39, 0.29) is 0 Å². The predicted molar refractivity (Wildman–Crippen MR) is 83.6 cm³/mol. The molecule has 4 rings (SSSR count). The van der Waals surface area contributed by atoms with Crippen LogP contribution in [0.2, 0.25) is 0 Å². The van der Waals surface area contributed by atoms with Gasteiger partial charge in [0.15, 0.2) is 0 Å². The van der Waals surface area contributed by atoms with Gasteiger partial charge in [-0.2, -0.15) is 5.26 Å². The number of hydrogen-bond acceptors (Lipinski definition) is 4. The van der Waals surface area contributed by atoms with Crippen molar-refractivity contribution in [1.29, 1.82) is 5.26 Å². The van der Waals surface area contributed by atoms with Crippen LogP contribution in [0.5, 0.6) is 0 Å². The Morgan fingerprint density at radius 1 is 1.05 bits per heavy atom. The standard InChI is InChI=1S/C17H19N5/c18-11-13-1-3-15(4-2-13)21-9-7-14(8-10-21)17-20-19-12-22(17)16-5-6-16/h1-4,12,14,16H,5-10H2. The van der Waals surface area contributed by atoms with Gasteiger partial charge in [-0.1, -0.05) is 0 Å². The highest BCUT2D eigenvalue weighted by Crippen LogP contribution is 2.38. The van der Waals surface area contributed by atoms with E-state index in [0.717, 1.165) is 31.5 Å². The highest BCUT2D eigenvalue weighted by Gasteiger charge is 2.30. The fraction of sp³-hybridized carbons (Fsp3) is 0.471. The molecule has 22 heavy (non-hydrogen) atoms. The zero-order chi connectivity index (χ0) is 14.9. The minimum atomic E-state index is 0.526. The van der Waals surface area contributed by atoms with Gasteiger partial charge >= 0.3 is 0 Å². The fourth-order valence-corrected chi connectivity index (χ4v) is 3.32. The summed E-state index contributed by atoms with van der Waals surface area (Å²) in [6.07, 6.45) is 6.68. The lowest BCUT2D eigenvalue weighted by Gasteiger charge is -2.33. The summed E-state index contributed by atoms with van der Waals surface area (Å²) in [6, 6.07) is 10.7. The van der Waals surface area contributed by atoms with Gasteiger partial charge in [-0.3, -0.25) is 0 Å². The second-order valence-corrected chi connectivity index (χ2v) is 6.25. The van der Waals surface area contributed by atoms with E-state index in [0.29, 0.717) is 12.0 Å². The molecule has 1 aliphatic carbocycles. The van der Waals surface area contributed by atoms with Crippen molar-refractivity contribution in [2.45, 2.75) is 37.6 Å². The minimum Gasteiger partial charge on any atom is -0.371 e. The summed E-state index contributed by atoms with van der Waals surface area (Å²) >= 11 is 0. The Bertz CT molecular complexity index is 685. The lowest BCUT2D eigenvalue weighted by atomic mass is 9.95. The van der Waals surface area contributed by atoms with E-state index in [2.05, 4.69) is 25.7 Å². The van der Waals surface area contributed by atoms with Crippen molar-refractivity contribution >= 4 is 5.69 Å². The van der Waals surface area contributed by atoms with Crippen LogP contribution in [0.25, 0.3) is 0 Å². The highest BCUT2D eigenvalue weighted by molar-refractivity contribution is 5.50. The Kier molecular flexibility index (Phi) is 3.30. The third kappa shape index (κ3) is 2.45. The van der Waals surface area contributed by atoms with Crippen molar-refractivity contribution in [2.75, 3.05) is 18.0 Å². The summed E-state index contributed by atoms with van der Waals surface area (Å²) in [5.74, 6) is 1.71. The molecule has 1 saturated carbocycles. The van der Waals surface area contributed by atoms with Gasteiger partial charge in [0.2, 0.25) is 0 Å². The maximum absolute atomic E-state index is 8.88. The van der Waals surface area contributed by atoms with Gasteiger partial charge in [0, 0.05) is 30.7 Å². The van der Waals surface area contributed by atoms with Crippen LogP contribution in [0, 0.1) is 11.3 Å².